The molecule has 1 aliphatic carbocycles. The Hall–Kier alpha value is -3.96. The number of nitrogens with zero attached hydrogens (tertiary/aromatic N) is 3. The molecule has 0 spiro atoms. The summed E-state index contributed by atoms with van der Waals surface area (Å²) in [4.78, 5) is 17.4. The van der Waals surface area contributed by atoms with Crippen LogP contribution in [0.4, 0.5) is 0 Å². The Balaban J connectivity index is 1.53. The highest BCUT2D eigenvalue weighted by Crippen LogP contribution is 2.40. The van der Waals surface area contributed by atoms with Gasteiger partial charge in [0.1, 0.15) is 5.65 Å². The Kier molecular flexibility index (Phi) is 4.52. The molecule has 1 saturated carbocycles. The molecule has 0 bridgehead atoms. The van der Waals surface area contributed by atoms with Crippen LogP contribution in [0.15, 0.2) is 102 Å². The van der Waals surface area contributed by atoms with Gasteiger partial charge in [-0.05, 0) is 37.0 Å². The van der Waals surface area contributed by atoms with E-state index in [4.69, 9.17) is 10.7 Å². The van der Waals surface area contributed by atoms with Crippen LogP contribution in [-0.2, 0) is 5.54 Å². The van der Waals surface area contributed by atoms with Gasteiger partial charge in [-0.1, -0.05) is 60.7 Å². The highest BCUT2D eigenvalue weighted by molar-refractivity contribution is 5.82. The van der Waals surface area contributed by atoms with Crippen molar-refractivity contribution in [1.82, 2.24) is 14.0 Å². The number of imidazole rings is 1. The lowest BCUT2D eigenvalue weighted by Gasteiger charge is -2.38. The van der Waals surface area contributed by atoms with Gasteiger partial charge in [0.2, 0.25) is 0 Å². The van der Waals surface area contributed by atoms with Crippen molar-refractivity contribution in [3.63, 3.8) is 0 Å². The SMILES string of the molecule is NC1(c2ccc(-c3nc4cc(-n5ccccc5=O)ccn4c3-c3ccccc3)cc2)CCC1. The third kappa shape index (κ3) is 3.29. The molecule has 162 valence electrons. The van der Waals surface area contributed by atoms with E-state index in [-0.39, 0.29) is 11.1 Å². The van der Waals surface area contributed by atoms with Crippen LogP contribution in [0.3, 0.4) is 0 Å². The molecular formula is C28H24N4O. The summed E-state index contributed by atoms with van der Waals surface area (Å²) < 4.78 is 3.72. The lowest BCUT2D eigenvalue weighted by Crippen LogP contribution is -2.43. The van der Waals surface area contributed by atoms with E-state index in [2.05, 4.69) is 40.8 Å². The van der Waals surface area contributed by atoms with Crippen molar-refractivity contribution >= 4 is 5.65 Å². The van der Waals surface area contributed by atoms with E-state index < -0.39 is 0 Å². The molecule has 0 saturated heterocycles. The number of hydrogen-bond donors (Lipinski definition) is 1. The number of hydrogen-bond acceptors (Lipinski definition) is 3. The minimum absolute atomic E-state index is 0.0702. The highest BCUT2D eigenvalue weighted by atomic mass is 16.1. The number of pyridine rings is 2. The maximum atomic E-state index is 12.3. The fourth-order valence-corrected chi connectivity index (χ4v) is 4.70. The summed E-state index contributed by atoms with van der Waals surface area (Å²) in [6, 6.07) is 27.9. The molecule has 3 aromatic heterocycles. The highest BCUT2D eigenvalue weighted by Gasteiger charge is 2.34. The molecule has 0 aliphatic heterocycles. The third-order valence-electron chi connectivity index (χ3n) is 6.74. The summed E-state index contributed by atoms with van der Waals surface area (Å²) in [6.07, 6.45) is 7.03. The van der Waals surface area contributed by atoms with Crippen LogP contribution < -0.4 is 11.3 Å². The fraction of sp³-hybridized carbons (Fsp3) is 0.143. The zero-order valence-electron chi connectivity index (χ0n) is 18.2. The Bertz CT molecular complexity index is 1510. The van der Waals surface area contributed by atoms with Crippen LogP contribution in [0.5, 0.6) is 0 Å². The Morgan fingerprint density at radius 2 is 1.58 bits per heavy atom. The molecule has 0 radical (unpaired) electrons. The number of nitrogens with two attached hydrogens (primary N) is 1. The molecule has 0 unspecified atom stereocenters. The molecule has 5 aromatic rings. The van der Waals surface area contributed by atoms with Crippen molar-refractivity contribution in [2.24, 2.45) is 5.73 Å². The minimum atomic E-state index is -0.183. The number of aromatic nitrogens is 3. The van der Waals surface area contributed by atoms with E-state index in [1.54, 1.807) is 22.9 Å². The van der Waals surface area contributed by atoms with Gasteiger partial charge >= 0.3 is 0 Å². The topological polar surface area (TPSA) is 65.3 Å². The molecule has 1 fully saturated rings. The number of fused-ring (bicyclic) bond motifs is 1. The summed E-state index contributed by atoms with van der Waals surface area (Å²) in [6.45, 7) is 0. The largest absolute Gasteiger partial charge is 0.321 e. The van der Waals surface area contributed by atoms with Gasteiger partial charge in [0, 0.05) is 41.2 Å². The van der Waals surface area contributed by atoms with Crippen LogP contribution in [0.1, 0.15) is 24.8 Å². The quantitative estimate of drug-likeness (QED) is 0.427. The molecule has 3 heterocycles. The predicted octanol–water partition coefficient (Wildman–Crippen LogP) is 5.16. The second-order valence-electron chi connectivity index (χ2n) is 8.78. The maximum absolute atomic E-state index is 12.3. The van der Waals surface area contributed by atoms with E-state index in [1.807, 2.05) is 42.6 Å². The van der Waals surface area contributed by atoms with Crippen molar-refractivity contribution in [2.75, 3.05) is 0 Å². The Morgan fingerprint density at radius 1 is 0.818 bits per heavy atom. The van der Waals surface area contributed by atoms with E-state index in [0.29, 0.717) is 0 Å². The van der Waals surface area contributed by atoms with E-state index >= 15 is 0 Å². The standard InChI is InChI=1S/C28H24N4O/c29-28(15-6-16-28)22-12-10-20(11-13-22)26-27(21-7-2-1-3-8-21)32-18-14-23(19-24(32)30-26)31-17-5-4-9-25(31)33/h1-5,7-14,17-19H,6,15-16,29H2. The van der Waals surface area contributed by atoms with Gasteiger partial charge in [-0.3, -0.25) is 13.8 Å². The third-order valence-corrected chi connectivity index (χ3v) is 6.74. The van der Waals surface area contributed by atoms with Crippen LogP contribution in [-0.4, -0.2) is 14.0 Å². The maximum Gasteiger partial charge on any atom is 0.255 e. The van der Waals surface area contributed by atoms with Gasteiger partial charge in [-0.2, -0.15) is 0 Å². The molecule has 6 rings (SSSR count). The number of benzene rings is 2. The van der Waals surface area contributed by atoms with Crippen molar-refractivity contribution in [3.05, 3.63) is 113 Å². The first kappa shape index (κ1) is 19.7. The molecule has 1 aliphatic rings. The fourth-order valence-electron chi connectivity index (χ4n) is 4.70. The second-order valence-corrected chi connectivity index (χ2v) is 8.78. The minimum Gasteiger partial charge on any atom is -0.321 e. The molecule has 2 aromatic carbocycles. The first-order valence-electron chi connectivity index (χ1n) is 11.3. The van der Waals surface area contributed by atoms with Gasteiger partial charge < -0.3 is 5.73 Å². The summed E-state index contributed by atoms with van der Waals surface area (Å²) in [5.41, 5.74) is 13.1. The molecule has 2 N–H and O–H groups in total. The normalized spacial score (nSPS) is 14.8. The van der Waals surface area contributed by atoms with E-state index in [9.17, 15) is 4.79 Å². The Labute approximate surface area is 191 Å². The van der Waals surface area contributed by atoms with Crippen molar-refractivity contribution in [1.29, 1.82) is 0 Å². The van der Waals surface area contributed by atoms with E-state index in [0.717, 1.165) is 46.7 Å². The van der Waals surface area contributed by atoms with Gasteiger partial charge in [-0.25, -0.2) is 4.98 Å². The van der Waals surface area contributed by atoms with Crippen molar-refractivity contribution in [2.45, 2.75) is 24.8 Å². The van der Waals surface area contributed by atoms with Crippen LogP contribution >= 0.6 is 0 Å². The molecule has 5 heteroatoms. The lowest BCUT2D eigenvalue weighted by molar-refractivity contribution is 0.253. The number of rotatable bonds is 4. The zero-order chi connectivity index (χ0) is 22.4. The molecule has 0 atom stereocenters. The van der Waals surface area contributed by atoms with Crippen molar-refractivity contribution < 1.29 is 0 Å². The average Bonchev–Trinajstić information content (AvgIpc) is 3.22. The molecule has 0 amide bonds. The summed E-state index contributed by atoms with van der Waals surface area (Å²) >= 11 is 0. The van der Waals surface area contributed by atoms with Gasteiger partial charge in [0.15, 0.2) is 0 Å². The van der Waals surface area contributed by atoms with Crippen LogP contribution in [0.25, 0.3) is 33.8 Å². The Morgan fingerprint density at radius 3 is 2.27 bits per heavy atom. The predicted molar refractivity (Wildman–Crippen MR) is 131 cm³/mol. The smallest absolute Gasteiger partial charge is 0.255 e. The zero-order valence-corrected chi connectivity index (χ0v) is 18.2. The second kappa shape index (κ2) is 7.57. The van der Waals surface area contributed by atoms with Crippen LogP contribution in [0, 0.1) is 0 Å². The summed E-state index contributed by atoms with van der Waals surface area (Å²) in [5.74, 6) is 0. The van der Waals surface area contributed by atoms with Gasteiger partial charge in [0.25, 0.3) is 5.56 Å². The monoisotopic (exact) mass is 432 g/mol. The molecule has 5 nitrogen and oxygen atoms in total. The van der Waals surface area contributed by atoms with Gasteiger partial charge in [-0.15, -0.1) is 0 Å². The lowest BCUT2D eigenvalue weighted by atomic mass is 9.72. The van der Waals surface area contributed by atoms with Gasteiger partial charge in [0.05, 0.1) is 17.1 Å². The first-order chi connectivity index (χ1) is 16.1. The van der Waals surface area contributed by atoms with E-state index in [1.165, 1.54) is 12.0 Å². The van der Waals surface area contributed by atoms with Crippen molar-refractivity contribution in [3.8, 4) is 28.2 Å². The summed E-state index contributed by atoms with van der Waals surface area (Å²) in [5, 5.41) is 0. The summed E-state index contributed by atoms with van der Waals surface area (Å²) in [7, 11) is 0. The molecule has 33 heavy (non-hydrogen) atoms. The first-order valence-corrected chi connectivity index (χ1v) is 11.3. The average molecular weight is 433 g/mol. The van der Waals surface area contributed by atoms with Crippen LogP contribution in [0.2, 0.25) is 0 Å². The molecular weight excluding hydrogens is 408 g/mol.